The molecular weight excluding hydrogens is 616 g/mol. The number of hydrogen-bond donors (Lipinski definition) is 0. The summed E-state index contributed by atoms with van der Waals surface area (Å²) < 4.78 is 19.9. The molecule has 0 aliphatic carbocycles. The van der Waals surface area contributed by atoms with E-state index >= 15 is 0 Å². The Bertz CT molecular complexity index is 1850. The van der Waals surface area contributed by atoms with E-state index in [0.29, 0.717) is 43.2 Å². The zero-order valence-corrected chi connectivity index (χ0v) is 26.5. The summed E-state index contributed by atoms with van der Waals surface area (Å²) in [4.78, 5) is 32.2. The topological polar surface area (TPSA) is 79.1 Å². The summed E-state index contributed by atoms with van der Waals surface area (Å²) >= 11 is 4.90. The first kappa shape index (κ1) is 29.5. The van der Waals surface area contributed by atoms with Crippen molar-refractivity contribution in [2.75, 3.05) is 13.7 Å². The largest absolute Gasteiger partial charge is 0.493 e. The second-order valence-corrected chi connectivity index (χ2v) is 11.9. The van der Waals surface area contributed by atoms with E-state index in [1.165, 1.54) is 16.9 Å². The number of carbonyl (C=O) groups excluding carboxylic acids is 1. The maximum absolute atomic E-state index is 13.9. The number of hydrogen-bond acceptors (Lipinski definition) is 7. The van der Waals surface area contributed by atoms with Gasteiger partial charge in [-0.15, -0.1) is 0 Å². The number of carbonyl (C=O) groups is 1. The Morgan fingerprint density at radius 3 is 2.36 bits per heavy atom. The van der Waals surface area contributed by atoms with E-state index in [0.717, 1.165) is 22.3 Å². The van der Waals surface area contributed by atoms with Crippen molar-refractivity contribution in [2.24, 2.45) is 4.99 Å². The zero-order chi connectivity index (χ0) is 30.0. The number of halogens is 1. The van der Waals surface area contributed by atoms with Crippen molar-refractivity contribution in [3.05, 3.63) is 124 Å². The summed E-state index contributed by atoms with van der Waals surface area (Å²) in [5.41, 5.74) is 5.52. The minimum atomic E-state index is -0.651. The third-order valence-electron chi connectivity index (χ3n) is 6.96. The molecule has 3 aromatic carbocycles. The van der Waals surface area contributed by atoms with Crippen LogP contribution in [-0.2, 0) is 16.1 Å². The number of aromatic nitrogens is 1. The van der Waals surface area contributed by atoms with Gasteiger partial charge in [0.05, 0.1) is 40.0 Å². The Morgan fingerprint density at radius 2 is 1.71 bits per heavy atom. The van der Waals surface area contributed by atoms with Crippen molar-refractivity contribution in [3.63, 3.8) is 0 Å². The molecule has 7 nitrogen and oxygen atoms in total. The highest BCUT2D eigenvalue weighted by atomic mass is 79.9. The van der Waals surface area contributed by atoms with E-state index in [1.54, 1.807) is 31.6 Å². The highest BCUT2D eigenvalue weighted by molar-refractivity contribution is 9.10. The van der Waals surface area contributed by atoms with E-state index in [1.807, 2.05) is 74.5 Å². The molecular formula is C33H31BrN2O5S. The molecule has 9 heteroatoms. The molecule has 216 valence electrons. The molecule has 5 rings (SSSR count). The summed E-state index contributed by atoms with van der Waals surface area (Å²) in [6, 6.07) is 19.0. The molecule has 0 amide bonds. The van der Waals surface area contributed by atoms with Crippen LogP contribution in [0.1, 0.15) is 47.7 Å². The maximum atomic E-state index is 13.9. The second kappa shape index (κ2) is 12.5. The lowest BCUT2D eigenvalue weighted by Gasteiger charge is -2.24. The van der Waals surface area contributed by atoms with Crippen molar-refractivity contribution in [1.29, 1.82) is 0 Å². The molecule has 0 N–H and O–H groups in total. The maximum Gasteiger partial charge on any atom is 0.338 e. The average molecular weight is 648 g/mol. The lowest BCUT2D eigenvalue weighted by Crippen LogP contribution is -2.39. The molecule has 0 spiro atoms. The Labute approximate surface area is 256 Å². The number of esters is 1. The molecule has 1 aliphatic rings. The van der Waals surface area contributed by atoms with Gasteiger partial charge in [0.15, 0.2) is 16.3 Å². The molecule has 1 aliphatic heterocycles. The molecule has 0 bridgehead atoms. The fraction of sp³-hybridized carbons (Fsp3) is 0.242. The van der Waals surface area contributed by atoms with Crippen LogP contribution >= 0.6 is 27.3 Å². The van der Waals surface area contributed by atoms with Crippen molar-refractivity contribution in [1.82, 2.24) is 4.57 Å². The first-order valence-corrected chi connectivity index (χ1v) is 15.1. The predicted octanol–water partition coefficient (Wildman–Crippen LogP) is 5.77. The summed E-state index contributed by atoms with van der Waals surface area (Å²) in [5, 5.41) is 0. The van der Waals surface area contributed by atoms with Crippen LogP contribution in [0.15, 0.2) is 86.2 Å². The molecule has 2 heterocycles. The Morgan fingerprint density at radius 1 is 1.05 bits per heavy atom. The van der Waals surface area contributed by atoms with Gasteiger partial charge in [0, 0.05) is 0 Å². The van der Waals surface area contributed by atoms with Crippen LogP contribution in [0.25, 0.3) is 6.08 Å². The van der Waals surface area contributed by atoms with Gasteiger partial charge in [-0.25, -0.2) is 9.79 Å². The van der Waals surface area contributed by atoms with Gasteiger partial charge in [-0.2, -0.15) is 0 Å². The Hall–Kier alpha value is -3.95. The quantitative estimate of drug-likeness (QED) is 0.227. The smallest absolute Gasteiger partial charge is 0.338 e. The molecule has 0 radical (unpaired) electrons. The fourth-order valence-corrected chi connectivity index (χ4v) is 6.43. The molecule has 0 saturated carbocycles. The van der Waals surface area contributed by atoms with Gasteiger partial charge in [-0.3, -0.25) is 9.36 Å². The number of allylic oxidation sites excluding steroid dienone is 1. The van der Waals surface area contributed by atoms with Gasteiger partial charge in [-0.1, -0.05) is 71.0 Å². The normalized spacial score (nSPS) is 14.8. The molecule has 4 aromatic rings. The Balaban J connectivity index is 1.56. The van der Waals surface area contributed by atoms with Crippen LogP contribution in [-0.4, -0.2) is 24.3 Å². The van der Waals surface area contributed by atoms with Gasteiger partial charge in [0.2, 0.25) is 0 Å². The molecule has 1 aromatic heterocycles. The zero-order valence-electron chi connectivity index (χ0n) is 24.1. The number of methoxy groups -OCH3 is 1. The molecule has 0 fully saturated rings. The van der Waals surface area contributed by atoms with Gasteiger partial charge >= 0.3 is 5.97 Å². The van der Waals surface area contributed by atoms with Crippen LogP contribution in [0, 0.1) is 13.8 Å². The lowest BCUT2D eigenvalue weighted by atomic mass is 9.95. The van der Waals surface area contributed by atoms with Crippen molar-refractivity contribution < 1.29 is 19.0 Å². The standard InChI is InChI=1S/C33H31BrN2O5S/c1-6-40-32(38)28-21(4)35-33-36(29(28)24-13-9-20(3)10-14-24)31(37)27(42-33)17-23-15-25(34)30(26(16-23)39-5)41-18-22-11-7-19(2)8-12-22/h7-17,29H,6,18H2,1-5H3/b27-17+/t29-/m0/s1. The predicted molar refractivity (Wildman–Crippen MR) is 168 cm³/mol. The van der Waals surface area contributed by atoms with E-state index in [4.69, 9.17) is 14.2 Å². The third kappa shape index (κ3) is 5.98. The van der Waals surface area contributed by atoms with Gasteiger partial charge < -0.3 is 14.2 Å². The molecule has 0 unspecified atom stereocenters. The van der Waals surface area contributed by atoms with Crippen LogP contribution in [0.4, 0.5) is 0 Å². The average Bonchev–Trinajstić information content (AvgIpc) is 3.26. The minimum absolute atomic E-state index is 0.224. The first-order valence-electron chi connectivity index (χ1n) is 13.5. The van der Waals surface area contributed by atoms with Crippen molar-refractivity contribution >= 4 is 39.3 Å². The summed E-state index contributed by atoms with van der Waals surface area (Å²) in [5.74, 6) is 0.632. The monoisotopic (exact) mass is 646 g/mol. The highest BCUT2D eigenvalue weighted by Gasteiger charge is 2.33. The summed E-state index contributed by atoms with van der Waals surface area (Å²) in [6.45, 7) is 8.18. The number of aryl methyl sites for hydroxylation is 2. The summed E-state index contributed by atoms with van der Waals surface area (Å²) in [6.07, 6.45) is 1.80. The Kier molecular flexibility index (Phi) is 8.80. The minimum Gasteiger partial charge on any atom is -0.493 e. The SMILES string of the molecule is CCOC(=O)C1=C(C)N=c2s/c(=C/c3cc(Br)c(OCc4ccc(C)cc4)c(OC)c3)c(=O)n2[C@H]1c1ccc(C)cc1. The van der Waals surface area contributed by atoms with Gasteiger partial charge in [-0.05, 0) is 78.5 Å². The number of thiazole rings is 1. The number of nitrogens with zero attached hydrogens (tertiary/aromatic N) is 2. The number of fused-ring (bicyclic) bond motifs is 1. The van der Waals surface area contributed by atoms with Gasteiger partial charge in [0.25, 0.3) is 5.56 Å². The van der Waals surface area contributed by atoms with Crippen LogP contribution in [0.5, 0.6) is 11.5 Å². The van der Waals surface area contributed by atoms with Crippen LogP contribution in [0.2, 0.25) is 0 Å². The van der Waals surface area contributed by atoms with Crippen molar-refractivity contribution in [2.45, 2.75) is 40.3 Å². The number of benzene rings is 3. The van der Waals surface area contributed by atoms with Crippen molar-refractivity contribution in [3.8, 4) is 11.5 Å². The van der Waals surface area contributed by atoms with Crippen LogP contribution < -0.4 is 24.4 Å². The molecule has 1 atom stereocenters. The van der Waals surface area contributed by atoms with E-state index < -0.39 is 12.0 Å². The third-order valence-corrected chi connectivity index (χ3v) is 8.54. The molecule has 0 saturated heterocycles. The summed E-state index contributed by atoms with van der Waals surface area (Å²) in [7, 11) is 1.58. The van der Waals surface area contributed by atoms with Gasteiger partial charge in [0.1, 0.15) is 6.61 Å². The fourth-order valence-electron chi connectivity index (χ4n) is 4.81. The van der Waals surface area contributed by atoms with Crippen LogP contribution in [0.3, 0.4) is 0 Å². The lowest BCUT2D eigenvalue weighted by molar-refractivity contribution is -0.139. The number of ether oxygens (including phenoxy) is 3. The highest BCUT2D eigenvalue weighted by Crippen LogP contribution is 2.37. The van der Waals surface area contributed by atoms with E-state index in [9.17, 15) is 9.59 Å². The number of rotatable bonds is 8. The van der Waals surface area contributed by atoms with E-state index in [2.05, 4.69) is 20.9 Å². The van der Waals surface area contributed by atoms with E-state index in [-0.39, 0.29) is 12.2 Å². The first-order chi connectivity index (χ1) is 20.2. The molecule has 42 heavy (non-hydrogen) atoms. The second-order valence-electron chi connectivity index (χ2n) is 10.0.